The van der Waals surface area contributed by atoms with Crippen molar-refractivity contribution in [3.05, 3.63) is 63.9 Å². The monoisotopic (exact) mass is 307 g/mol. The highest BCUT2D eigenvalue weighted by atomic mass is 79.9. The largest absolute Gasteiger partial charge is 0.370 e. The van der Waals surface area contributed by atoms with Crippen LogP contribution in [0.25, 0.3) is 0 Å². The van der Waals surface area contributed by atoms with Gasteiger partial charge < -0.3 is 4.90 Å². The molecule has 0 aromatic heterocycles. The molecule has 3 heteroatoms. The van der Waals surface area contributed by atoms with Crippen LogP contribution in [0, 0.1) is 12.7 Å². The van der Waals surface area contributed by atoms with Crippen LogP contribution in [0.5, 0.6) is 0 Å². The number of nitrogens with zero attached hydrogens (tertiary/aromatic N) is 1. The minimum Gasteiger partial charge on any atom is -0.370 e. The van der Waals surface area contributed by atoms with Gasteiger partial charge in [0.25, 0.3) is 0 Å². The zero-order valence-corrected chi connectivity index (χ0v) is 12.0. The smallest absolute Gasteiger partial charge is 0.137 e. The van der Waals surface area contributed by atoms with Gasteiger partial charge in [0.1, 0.15) is 5.82 Å². The average molecular weight is 308 g/mol. The van der Waals surface area contributed by atoms with Crippen LogP contribution in [0.2, 0.25) is 0 Å². The van der Waals surface area contributed by atoms with Crippen LogP contribution in [0.3, 0.4) is 0 Å². The Morgan fingerprint density at radius 2 is 1.94 bits per heavy atom. The van der Waals surface area contributed by atoms with Crippen molar-refractivity contribution in [3.8, 4) is 0 Å². The molecule has 0 amide bonds. The van der Waals surface area contributed by atoms with Crippen molar-refractivity contribution in [2.24, 2.45) is 0 Å². The van der Waals surface area contributed by atoms with E-state index in [0.29, 0.717) is 4.47 Å². The summed E-state index contributed by atoms with van der Waals surface area (Å²) in [7, 11) is 2.03. The van der Waals surface area contributed by atoms with E-state index in [1.165, 1.54) is 11.6 Å². The van der Waals surface area contributed by atoms with Crippen molar-refractivity contribution < 1.29 is 4.39 Å². The second kappa shape index (κ2) is 5.53. The fourth-order valence-electron chi connectivity index (χ4n) is 1.87. The van der Waals surface area contributed by atoms with Gasteiger partial charge in [-0.1, -0.05) is 18.2 Å². The van der Waals surface area contributed by atoms with Crippen molar-refractivity contribution >= 4 is 21.6 Å². The van der Waals surface area contributed by atoms with Crippen LogP contribution >= 0.6 is 15.9 Å². The molecule has 0 heterocycles. The van der Waals surface area contributed by atoms with Gasteiger partial charge >= 0.3 is 0 Å². The van der Waals surface area contributed by atoms with Crippen molar-refractivity contribution in [2.75, 3.05) is 11.9 Å². The molecule has 0 spiro atoms. The van der Waals surface area contributed by atoms with Gasteiger partial charge in [-0.15, -0.1) is 0 Å². The number of benzene rings is 2. The second-order valence-corrected chi connectivity index (χ2v) is 5.30. The quantitative estimate of drug-likeness (QED) is 0.805. The third-order valence-electron chi connectivity index (χ3n) is 2.85. The summed E-state index contributed by atoms with van der Waals surface area (Å²) in [5.41, 5.74) is 3.47. The van der Waals surface area contributed by atoms with Gasteiger partial charge in [0.2, 0.25) is 0 Å². The molecule has 2 aromatic carbocycles. The van der Waals surface area contributed by atoms with Gasteiger partial charge in [0.15, 0.2) is 0 Å². The van der Waals surface area contributed by atoms with Gasteiger partial charge in [-0.25, -0.2) is 4.39 Å². The predicted octanol–water partition coefficient (Wildman–Crippen LogP) is 4.53. The molecule has 0 aliphatic carbocycles. The summed E-state index contributed by atoms with van der Waals surface area (Å²) in [6.45, 7) is 2.83. The fourth-order valence-corrected chi connectivity index (χ4v) is 2.29. The number of halogens is 2. The highest BCUT2D eigenvalue weighted by Gasteiger charge is 2.05. The number of rotatable bonds is 3. The lowest BCUT2D eigenvalue weighted by Gasteiger charge is -2.20. The third-order valence-corrected chi connectivity index (χ3v) is 3.45. The van der Waals surface area contributed by atoms with E-state index in [4.69, 9.17) is 0 Å². The van der Waals surface area contributed by atoms with Gasteiger partial charge in [-0.3, -0.25) is 0 Å². The molecule has 2 rings (SSSR count). The Morgan fingerprint density at radius 3 is 2.61 bits per heavy atom. The molecular weight excluding hydrogens is 293 g/mol. The molecule has 1 nitrogen and oxygen atoms in total. The van der Waals surface area contributed by atoms with Crippen LogP contribution in [0.15, 0.2) is 46.9 Å². The minimum absolute atomic E-state index is 0.225. The fraction of sp³-hybridized carbons (Fsp3) is 0.200. The zero-order chi connectivity index (χ0) is 13.1. The Bertz CT molecular complexity index is 554. The Morgan fingerprint density at radius 1 is 1.17 bits per heavy atom. The Labute approximate surface area is 115 Å². The molecule has 0 saturated carbocycles. The standard InChI is InChI=1S/C15H15BrFN/c1-11-4-3-5-13(8-11)18(2)10-12-6-7-15(17)14(16)9-12/h3-9H,10H2,1-2H3. The number of hydrogen-bond acceptors (Lipinski definition) is 1. The molecule has 0 atom stereocenters. The first kappa shape index (κ1) is 13.1. The average Bonchev–Trinajstić information content (AvgIpc) is 2.34. The molecule has 0 saturated heterocycles. The van der Waals surface area contributed by atoms with Crippen molar-refractivity contribution in [3.63, 3.8) is 0 Å². The summed E-state index contributed by atoms with van der Waals surface area (Å²) >= 11 is 3.21. The van der Waals surface area contributed by atoms with Crippen molar-refractivity contribution in [1.82, 2.24) is 0 Å². The molecule has 0 radical (unpaired) electrons. The lowest BCUT2D eigenvalue weighted by atomic mass is 10.1. The first-order chi connectivity index (χ1) is 8.56. The van der Waals surface area contributed by atoms with Crippen LogP contribution in [0.4, 0.5) is 10.1 Å². The number of anilines is 1. The van der Waals surface area contributed by atoms with Crippen LogP contribution < -0.4 is 4.90 Å². The number of aryl methyl sites for hydroxylation is 1. The maximum absolute atomic E-state index is 13.2. The summed E-state index contributed by atoms with van der Waals surface area (Å²) in [4.78, 5) is 2.15. The normalized spacial score (nSPS) is 10.4. The minimum atomic E-state index is -0.225. The van der Waals surface area contributed by atoms with Crippen LogP contribution in [-0.4, -0.2) is 7.05 Å². The summed E-state index contributed by atoms with van der Waals surface area (Å²) in [6, 6.07) is 13.5. The van der Waals surface area contributed by atoms with E-state index in [-0.39, 0.29) is 5.82 Å². The summed E-state index contributed by atoms with van der Waals surface area (Å²) in [5.74, 6) is -0.225. The van der Waals surface area contributed by atoms with Gasteiger partial charge in [0, 0.05) is 19.3 Å². The molecule has 94 valence electrons. The van der Waals surface area contributed by atoms with Crippen LogP contribution in [0.1, 0.15) is 11.1 Å². The SMILES string of the molecule is Cc1cccc(N(C)Cc2ccc(F)c(Br)c2)c1. The van der Waals surface area contributed by atoms with Crippen molar-refractivity contribution in [2.45, 2.75) is 13.5 Å². The Balaban J connectivity index is 2.16. The van der Waals surface area contributed by atoms with Gasteiger partial charge in [-0.05, 0) is 58.2 Å². The third kappa shape index (κ3) is 3.10. The molecule has 0 unspecified atom stereocenters. The van der Waals surface area contributed by atoms with E-state index in [0.717, 1.165) is 17.8 Å². The van der Waals surface area contributed by atoms with E-state index in [9.17, 15) is 4.39 Å². The maximum Gasteiger partial charge on any atom is 0.137 e. The summed E-state index contributed by atoms with van der Waals surface area (Å²) < 4.78 is 13.7. The number of hydrogen-bond donors (Lipinski definition) is 0. The maximum atomic E-state index is 13.2. The van der Waals surface area contributed by atoms with Gasteiger partial charge in [0.05, 0.1) is 4.47 Å². The molecule has 0 aliphatic rings. The first-order valence-corrected chi connectivity index (χ1v) is 6.57. The second-order valence-electron chi connectivity index (χ2n) is 4.44. The Hall–Kier alpha value is -1.35. The lowest BCUT2D eigenvalue weighted by Crippen LogP contribution is -2.16. The summed E-state index contributed by atoms with van der Waals surface area (Å²) in [6.07, 6.45) is 0. The molecule has 2 aromatic rings. The topological polar surface area (TPSA) is 3.24 Å². The molecule has 18 heavy (non-hydrogen) atoms. The highest BCUT2D eigenvalue weighted by molar-refractivity contribution is 9.10. The van der Waals surface area contributed by atoms with Crippen molar-refractivity contribution in [1.29, 1.82) is 0 Å². The molecular formula is C15H15BrFN. The van der Waals surface area contributed by atoms with Gasteiger partial charge in [-0.2, -0.15) is 0 Å². The Kier molecular flexibility index (Phi) is 4.02. The molecule has 0 N–H and O–H groups in total. The molecule has 0 bridgehead atoms. The lowest BCUT2D eigenvalue weighted by molar-refractivity contribution is 0.620. The summed E-state index contributed by atoms with van der Waals surface area (Å²) in [5, 5.41) is 0. The predicted molar refractivity (Wildman–Crippen MR) is 77.4 cm³/mol. The molecule has 0 fully saturated rings. The first-order valence-electron chi connectivity index (χ1n) is 5.78. The van der Waals surface area contributed by atoms with E-state index < -0.39 is 0 Å². The van der Waals surface area contributed by atoms with E-state index >= 15 is 0 Å². The van der Waals surface area contributed by atoms with E-state index in [1.807, 2.05) is 25.2 Å². The zero-order valence-electron chi connectivity index (χ0n) is 10.5. The molecule has 0 aliphatic heterocycles. The highest BCUT2D eigenvalue weighted by Crippen LogP contribution is 2.20. The van der Waals surface area contributed by atoms with E-state index in [2.05, 4.69) is 46.0 Å². The van der Waals surface area contributed by atoms with Crippen LogP contribution in [-0.2, 0) is 6.54 Å². The van der Waals surface area contributed by atoms with E-state index in [1.54, 1.807) is 0 Å².